The summed E-state index contributed by atoms with van der Waals surface area (Å²) in [6.07, 6.45) is 0.307. The number of methoxy groups -OCH3 is 1. The molecule has 0 saturated carbocycles. The SMILES string of the molecule is CCNC(CN1CC(C)OCC1C)c1ccccc1OC. The maximum absolute atomic E-state index is 5.73. The first-order valence-corrected chi connectivity index (χ1v) is 7.87. The van der Waals surface area contributed by atoms with Gasteiger partial charge in [-0.15, -0.1) is 0 Å². The quantitative estimate of drug-likeness (QED) is 0.873. The lowest BCUT2D eigenvalue weighted by Gasteiger charge is -2.39. The first-order chi connectivity index (χ1) is 10.2. The number of hydrogen-bond donors (Lipinski definition) is 1. The average molecular weight is 292 g/mol. The Morgan fingerprint density at radius 3 is 2.86 bits per heavy atom. The van der Waals surface area contributed by atoms with Crippen LogP contribution in [0.2, 0.25) is 0 Å². The van der Waals surface area contributed by atoms with Gasteiger partial charge in [-0.3, -0.25) is 4.90 Å². The third kappa shape index (κ3) is 4.19. The van der Waals surface area contributed by atoms with Crippen LogP contribution in [0, 0.1) is 0 Å². The third-order valence-electron chi connectivity index (χ3n) is 4.12. The maximum Gasteiger partial charge on any atom is 0.123 e. The van der Waals surface area contributed by atoms with Crippen LogP contribution < -0.4 is 10.1 Å². The van der Waals surface area contributed by atoms with Gasteiger partial charge in [0.05, 0.1) is 19.8 Å². The molecule has 118 valence electrons. The zero-order valence-corrected chi connectivity index (χ0v) is 13.6. The van der Waals surface area contributed by atoms with Gasteiger partial charge >= 0.3 is 0 Å². The molecule has 1 N–H and O–H groups in total. The van der Waals surface area contributed by atoms with E-state index in [1.54, 1.807) is 7.11 Å². The summed E-state index contributed by atoms with van der Waals surface area (Å²) in [4.78, 5) is 2.51. The molecule has 0 bridgehead atoms. The van der Waals surface area contributed by atoms with E-state index in [1.807, 2.05) is 12.1 Å². The normalized spacial score (nSPS) is 24.8. The Morgan fingerprint density at radius 2 is 2.14 bits per heavy atom. The summed E-state index contributed by atoms with van der Waals surface area (Å²) in [5, 5.41) is 3.59. The Bertz CT molecular complexity index is 439. The zero-order valence-electron chi connectivity index (χ0n) is 13.6. The van der Waals surface area contributed by atoms with Crippen molar-refractivity contribution in [3.05, 3.63) is 29.8 Å². The minimum Gasteiger partial charge on any atom is -0.496 e. The van der Waals surface area contributed by atoms with Gasteiger partial charge in [0.1, 0.15) is 5.75 Å². The molecule has 1 aliphatic rings. The van der Waals surface area contributed by atoms with E-state index in [2.05, 4.69) is 43.1 Å². The van der Waals surface area contributed by atoms with Crippen molar-refractivity contribution in [3.63, 3.8) is 0 Å². The van der Waals surface area contributed by atoms with Gasteiger partial charge < -0.3 is 14.8 Å². The van der Waals surface area contributed by atoms with Crippen LogP contribution >= 0.6 is 0 Å². The smallest absolute Gasteiger partial charge is 0.123 e. The van der Waals surface area contributed by atoms with Crippen molar-refractivity contribution in [2.24, 2.45) is 0 Å². The van der Waals surface area contributed by atoms with Crippen LogP contribution in [0.5, 0.6) is 5.75 Å². The Labute approximate surface area is 128 Å². The largest absolute Gasteiger partial charge is 0.496 e. The summed E-state index contributed by atoms with van der Waals surface area (Å²) in [6.45, 7) is 10.2. The molecule has 1 heterocycles. The molecule has 1 fully saturated rings. The summed E-state index contributed by atoms with van der Waals surface area (Å²) in [5.41, 5.74) is 1.23. The molecule has 0 aromatic heterocycles. The molecule has 1 aromatic rings. The number of morpholine rings is 1. The van der Waals surface area contributed by atoms with Crippen molar-refractivity contribution in [2.45, 2.75) is 39.0 Å². The number of likely N-dealkylation sites (N-methyl/N-ethyl adjacent to an activating group) is 1. The third-order valence-corrected chi connectivity index (χ3v) is 4.12. The van der Waals surface area contributed by atoms with E-state index in [4.69, 9.17) is 9.47 Å². The lowest BCUT2D eigenvalue weighted by molar-refractivity contribution is -0.0521. The Kier molecular flexibility index (Phi) is 6.03. The van der Waals surface area contributed by atoms with Crippen molar-refractivity contribution in [2.75, 3.05) is 33.4 Å². The topological polar surface area (TPSA) is 33.7 Å². The van der Waals surface area contributed by atoms with Crippen LogP contribution in [-0.4, -0.2) is 50.4 Å². The highest BCUT2D eigenvalue weighted by Gasteiger charge is 2.27. The van der Waals surface area contributed by atoms with E-state index < -0.39 is 0 Å². The van der Waals surface area contributed by atoms with E-state index in [0.717, 1.165) is 32.0 Å². The van der Waals surface area contributed by atoms with Gasteiger partial charge in [0, 0.05) is 30.7 Å². The van der Waals surface area contributed by atoms with Crippen molar-refractivity contribution in [3.8, 4) is 5.75 Å². The molecule has 21 heavy (non-hydrogen) atoms. The lowest BCUT2D eigenvalue weighted by Crippen LogP contribution is -2.50. The highest BCUT2D eigenvalue weighted by Crippen LogP contribution is 2.26. The molecule has 1 aliphatic heterocycles. The molecule has 0 radical (unpaired) electrons. The summed E-state index contributed by atoms with van der Waals surface area (Å²) < 4.78 is 11.3. The van der Waals surface area contributed by atoms with E-state index in [9.17, 15) is 0 Å². The molecule has 0 aliphatic carbocycles. The molecular formula is C17H28N2O2. The van der Waals surface area contributed by atoms with Crippen molar-refractivity contribution in [1.82, 2.24) is 10.2 Å². The maximum atomic E-state index is 5.73. The molecule has 3 unspecified atom stereocenters. The minimum absolute atomic E-state index is 0.277. The molecule has 0 amide bonds. The molecule has 2 rings (SSSR count). The van der Waals surface area contributed by atoms with E-state index in [0.29, 0.717) is 12.1 Å². The zero-order chi connectivity index (χ0) is 15.2. The number of ether oxygens (including phenoxy) is 2. The average Bonchev–Trinajstić information content (AvgIpc) is 2.50. The van der Waals surface area contributed by atoms with Gasteiger partial charge in [-0.25, -0.2) is 0 Å². The standard InChI is InChI=1S/C17H28N2O2/c1-5-18-16(15-8-6-7-9-17(15)20-4)11-19-10-14(3)21-12-13(19)2/h6-9,13-14,16,18H,5,10-12H2,1-4H3. The van der Waals surface area contributed by atoms with Crippen molar-refractivity contribution >= 4 is 0 Å². The number of benzene rings is 1. The molecule has 1 saturated heterocycles. The lowest BCUT2D eigenvalue weighted by atomic mass is 10.0. The minimum atomic E-state index is 0.277. The van der Waals surface area contributed by atoms with Crippen LogP contribution in [-0.2, 0) is 4.74 Å². The van der Waals surface area contributed by atoms with Gasteiger partial charge in [0.2, 0.25) is 0 Å². The Morgan fingerprint density at radius 1 is 1.38 bits per heavy atom. The predicted molar refractivity (Wildman–Crippen MR) is 85.9 cm³/mol. The molecule has 1 aromatic carbocycles. The number of nitrogens with one attached hydrogen (secondary N) is 1. The monoisotopic (exact) mass is 292 g/mol. The fraction of sp³-hybridized carbons (Fsp3) is 0.647. The number of nitrogens with zero attached hydrogens (tertiary/aromatic N) is 1. The van der Waals surface area contributed by atoms with E-state index in [-0.39, 0.29) is 6.04 Å². The predicted octanol–water partition coefficient (Wildman–Crippen LogP) is 2.46. The second-order valence-electron chi connectivity index (χ2n) is 5.80. The van der Waals surface area contributed by atoms with Gasteiger partial charge in [-0.2, -0.15) is 0 Å². The summed E-state index contributed by atoms with van der Waals surface area (Å²) in [6, 6.07) is 9.01. The fourth-order valence-corrected chi connectivity index (χ4v) is 2.93. The van der Waals surface area contributed by atoms with E-state index >= 15 is 0 Å². The number of rotatable bonds is 6. The summed E-state index contributed by atoms with van der Waals surface area (Å²) in [5.74, 6) is 0.956. The first-order valence-electron chi connectivity index (χ1n) is 7.87. The second kappa shape index (κ2) is 7.78. The summed E-state index contributed by atoms with van der Waals surface area (Å²) in [7, 11) is 1.74. The molecular weight excluding hydrogens is 264 g/mol. The molecule has 4 heteroatoms. The van der Waals surface area contributed by atoms with Gasteiger partial charge in [-0.1, -0.05) is 25.1 Å². The second-order valence-corrected chi connectivity index (χ2v) is 5.80. The number of hydrogen-bond acceptors (Lipinski definition) is 4. The van der Waals surface area contributed by atoms with Gasteiger partial charge in [0.25, 0.3) is 0 Å². The van der Waals surface area contributed by atoms with Gasteiger partial charge in [-0.05, 0) is 26.5 Å². The Hall–Kier alpha value is -1.10. The summed E-state index contributed by atoms with van der Waals surface area (Å²) >= 11 is 0. The van der Waals surface area contributed by atoms with Gasteiger partial charge in [0.15, 0.2) is 0 Å². The van der Waals surface area contributed by atoms with Crippen LogP contribution in [0.25, 0.3) is 0 Å². The molecule has 0 spiro atoms. The molecule has 3 atom stereocenters. The van der Waals surface area contributed by atoms with Crippen LogP contribution in [0.3, 0.4) is 0 Å². The highest BCUT2D eigenvalue weighted by molar-refractivity contribution is 5.36. The highest BCUT2D eigenvalue weighted by atomic mass is 16.5. The Balaban J connectivity index is 2.14. The van der Waals surface area contributed by atoms with Crippen LogP contribution in [0.15, 0.2) is 24.3 Å². The van der Waals surface area contributed by atoms with Crippen molar-refractivity contribution < 1.29 is 9.47 Å². The first kappa shape index (κ1) is 16.3. The fourth-order valence-electron chi connectivity index (χ4n) is 2.93. The van der Waals surface area contributed by atoms with Crippen LogP contribution in [0.1, 0.15) is 32.4 Å². The van der Waals surface area contributed by atoms with Crippen molar-refractivity contribution in [1.29, 1.82) is 0 Å². The van der Waals surface area contributed by atoms with E-state index in [1.165, 1.54) is 5.56 Å². The molecule has 4 nitrogen and oxygen atoms in total. The number of para-hydroxylation sites is 1. The van der Waals surface area contributed by atoms with Crippen LogP contribution in [0.4, 0.5) is 0 Å².